The molecule has 1 atom stereocenters. The van der Waals surface area contributed by atoms with Crippen molar-refractivity contribution < 1.29 is 27.2 Å². The van der Waals surface area contributed by atoms with Crippen molar-refractivity contribution in [3.63, 3.8) is 0 Å². The van der Waals surface area contributed by atoms with Gasteiger partial charge in [-0.1, -0.05) is 53.7 Å². The second-order valence-corrected chi connectivity index (χ2v) is 10.1. The van der Waals surface area contributed by atoms with Crippen LogP contribution in [-0.2, 0) is 22.3 Å². The quantitative estimate of drug-likeness (QED) is 0.284. The Morgan fingerprint density at radius 3 is 2.55 bits per heavy atom. The molecule has 7 nitrogen and oxygen atoms in total. The van der Waals surface area contributed by atoms with Crippen molar-refractivity contribution in [1.29, 1.82) is 5.26 Å². The van der Waals surface area contributed by atoms with Crippen molar-refractivity contribution in [1.82, 2.24) is 10.6 Å². The summed E-state index contributed by atoms with van der Waals surface area (Å²) in [7, 11) is 0. The number of halogens is 4. The molecule has 0 spiro atoms. The summed E-state index contributed by atoms with van der Waals surface area (Å²) >= 11 is 7.16. The van der Waals surface area contributed by atoms with Crippen LogP contribution >= 0.6 is 23.4 Å². The van der Waals surface area contributed by atoms with Gasteiger partial charge in [-0.15, -0.1) is 0 Å². The third-order valence-electron chi connectivity index (χ3n) is 5.94. The van der Waals surface area contributed by atoms with Crippen molar-refractivity contribution >= 4 is 40.9 Å². The average molecular weight is 587 g/mol. The van der Waals surface area contributed by atoms with Gasteiger partial charge in [-0.05, 0) is 42.8 Å². The zero-order valence-electron chi connectivity index (χ0n) is 20.9. The van der Waals surface area contributed by atoms with Crippen LogP contribution in [0.25, 0.3) is 0 Å². The van der Waals surface area contributed by atoms with Gasteiger partial charge >= 0.3 is 6.18 Å². The molecule has 0 radical (unpaired) electrons. The number of anilines is 1. The number of nitrogens with zero attached hydrogens (tertiary/aromatic N) is 1. The number of amides is 2. The lowest BCUT2D eigenvalue weighted by Gasteiger charge is -2.28. The third-order valence-corrected chi connectivity index (χ3v) is 7.29. The van der Waals surface area contributed by atoms with Crippen molar-refractivity contribution in [2.75, 3.05) is 11.1 Å². The van der Waals surface area contributed by atoms with Gasteiger partial charge in [0.2, 0.25) is 5.91 Å². The molecule has 12 heteroatoms. The Morgan fingerprint density at radius 2 is 1.90 bits per heavy atom. The molecule has 3 N–H and O–H groups in total. The fourth-order valence-electron chi connectivity index (χ4n) is 4.04. The van der Waals surface area contributed by atoms with Crippen LogP contribution in [0.15, 0.2) is 93.2 Å². The SMILES string of the molecule is CC1=C(C(=O)Nc2cc(C(F)(F)F)ccc2Cl)[C@@H](c2ccco2)C(C#N)=C(SCC(=O)NCc2ccccc2)N1. The molecule has 40 heavy (non-hydrogen) atoms. The highest BCUT2D eigenvalue weighted by atomic mass is 35.5. The minimum atomic E-state index is -4.64. The first-order valence-corrected chi connectivity index (χ1v) is 13.2. The predicted octanol–water partition coefficient (Wildman–Crippen LogP) is 6.34. The van der Waals surface area contributed by atoms with E-state index in [1.807, 2.05) is 30.3 Å². The maximum Gasteiger partial charge on any atom is 0.416 e. The number of nitrogens with one attached hydrogen (secondary N) is 3. The Morgan fingerprint density at radius 1 is 1.15 bits per heavy atom. The molecule has 0 aliphatic carbocycles. The van der Waals surface area contributed by atoms with Crippen LogP contribution in [-0.4, -0.2) is 17.6 Å². The molecule has 0 bridgehead atoms. The fourth-order valence-corrected chi connectivity index (χ4v) is 5.13. The number of carbonyl (C=O) groups is 2. The van der Waals surface area contributed by atoms with E-state index in [4.69, 9.17) is 16.0 Å². The van der Waals surface area contributed by atoms with Gasteiger partial charge < -0.3 is 20.4 Å². The van der Waals surface area contributed by atoms with E-state index >= 15 is 0 Å². The van der Waals surface area contributed by atoms with Gasteiger partial charge in [-0.25, -0.2) is 0 Å². The lowest BCUT2D eigenvalue weighted by Crippen LogP contribution is -2.31. The normalized spacial score (nSPS) is 15.3. The molecule has 3 aromatic rings. The number of furan rings is 1. The summed E-state index contributed by atoms with van der Waals surface area (Å²) in [5, 5.41) is 18.6. The minimum absolute atomic E-state index is 0.0140. The molecular formula is C28H22ClF3N4O3S. The summed E-state index contributed by atoms with van der Waals surface area (Å²) in [6.07, 6.45) is -3.26. The zero-order valence-corrected chi connectivity index (χ0v) is 22.5. The Bertz CT molecular complexity index is 1510. The summed E-state index contributed by atoms with van der Waals surface area (Å²) < 4.78 is 45.3. The molecule has 0 unspecified atom stereocenters. The van der Waals surface area contributed by atoms with Gasteiger partial charge in [0.05, 0.1) is 56.5 Å². The topological polar surface area (TPSA) is 107 Å². The number of allylic oxidation sites excluding steroid dienone is 2. The first-order valence-electron chi connectivity index (χ1n) is 11.9. The molecular weight excluding hydrogens is 565 g/mol. The van der Waals surface area contributed by atoms with E-state index in [1.165, 1.54) is 6.26 Å². The van der Waals surface area contributed by atoms with E-state index < -0.39 is 23.6 Å². The molecule has 1 aliphatic heterocycles. The van der Waals surface area contributed by atoms with E-state index in [0.29, 0.717) is 17.3 Å². The zero-order chi connectivity index (χ0) is 28.9. The lowest BCUT2D eigenvalue weighted by atomic mass is 9.85. The summed E-state index contributed by atoms with van der Waals surface area (Å²) in [5.41, 5.74) is 0.205. The molecule has 4 rings (SSSR count). The highest BCUT2D eigenvalue weighted by Crippen LogP contribution is 2.41. The Kier molecular flexibility index (Phi) is 8.92. The first-order chi connectivity index (χ1) is 19.1. The van der Waals surface area contributed by atoms with Crippen LogP contribution in [0.1, 0.15) is 29.7 Å². The maximum absolute atomic E-state index is 13.5. The van der Waals surface area contributed by atoms with E-state index in [0.717, 1.165) is 35.5 Å². The smallest absolute Gasteiger partial charge is 0.416 e. The van der Waals surface area contributed by atoms with Crippen molar-refractivity contribution in [2.24, 2.45) is 0 Å². The highest BCUT2D eigenvalue weighted by Gasteiger charge is 2.37. The Hall–Kier alpha value is -4.14. The van der Waals surface area contributed by atoms with Gasteiger partial charge in [-0.3, -0.25) is 9.59 Å². The second kappa shape index (κ2) is 12.4. The minimum Gasteiger partial charge on any atom is -0.468 e. The fraction of sp³-hybridized carbons (Fsp3) is 0.179. The average Bonchev–Trinajstić information content (AvgIpc) is 3.46. The van der Waals surface area contributed by atoms with Gasteiger partial charge in [0.1, 0.15) is 5.76 Å². The third kappa shape index (κ3) is 6.70. The first kappa shape index (κ1) is 28.9. The van der Waals surface area contributed by atoms with E-state index in [-0.39, 0.29) is 39.3 Å². The van der Waals surface area contributed by atoms with Gasteiger partial charge in [0, 0.05) is 12.2 Å². The Balaban J connectivity index is 1.57. The predicted molar refractivity (Wildman–Crippen MR) is 146 cm³/mol. The van der Waals surface area contributed by atoms with Crippen molar-refractivity contribution in [3.8, 4) is 6.07 Å². The summed E-state index contributed by atoms with van der Waals surface area (Å²) in [5.74, 6) is -1.77. The van der Waals surface area contributed by atoms with E-state index in [2.05, 4.69) is 22.0 Å². The number of benzene rings is 2. The lowest BCUT2D eigenvalue weighted by molar-refractivity contribution is -0.137. The van der Waals surface area contributed by atoms with Crippen LogP contribution in [0, 0.1) is 11.3 Å². The van der Waals surface area contributed by atoms with Crippen LogP contribution < -0.4 is 16.0 Å². The monoisotopic (exact) mass is 586 g/mol. The van der Waals surface area contributed by atoms with Crippen LogP contribution in [0.2, 0.25) is 5.02 Å². The second-order valence-electron chi connectivity index (χ2n) is 8.66. The van der Waals surface area contributed by atoms with Crippen LogP contribution in [0.3, 0.4) is 0 Å². The summed E-state index contributed by atoms with van der Waals surface area (Å²) in [6.45, 7) is 1.93. The molecule has 0 fully saturated rings. The number of rotatable bonds is 8. The summed E-state index contributed by atoms with van der Waals surface area (Å²) in [4.78, 5) is 26.0. The van der Waals surface area contributed by atoms with Gasteiger partial charge in [0.15, 0.2) is 0 Å². The number of thioether (sulfide) groups is 1. The summed E-state index contributed by atoms with van der Waals surface area (Å²) in [6, 6.07) is 17.2. The number of carbonyl (C=O) groups excluding carboxylic acids is 2. The van der Waals surface area contributed by atoms with E-state index in [1.54, 1.807) is 19.1 Å². The molecule has 206 valence electrons. The molecule has 2 heterocycles. The van der Waals surface area contributed by atoms with Crippen LogP contribution in [0.5, 0.6) is 0 Å². The van der Waals surface area contributed by atoms with Crippen LogP contribution in [0.4, 0.5) is 18.9 Å². The molecule has 1 aliphatic rings. The molecule has 2 amide bonds. The number of hydrogen-bond acceptors (Lipinski definition) is 6. The van der Waals surface area contributed by atoms with Gasteiger partial charge in [-0.2, -0.15) is 18.4 Å². The largest absolute Gasteiger partial charge is 0.468 e. The number of alkyl halides is 3. The molecule has 1 aromatic heterocycles. The van der Waals surface area contributed by atoms with Crippen molar-refractivity contribution in [2.45, 2.75) is 25.6 Å². The molecule has 0 saturated carbocycles. The highest BCUT2D eigenvalue weighted by molar-refractivity contribution is 8.03. The van der Waals surface area contributed by atoms with Gasteiger partial charge in [0.25, 0.3) is 5.91 Å². The Labute approximate surface area is 237 Å². The van der Waals surface area contributed by atoms with E-state index in [9.17, 15) is 28.0 Å². The standard InChI is InChI=1S/C28H22ClF3N4O3S/c1-16-24(26(38)36-21-12-18(28(30,31)32)9-10-20(21)29)25(22-8-5-11-39-22)19(13-33)27(35-16)40-15-23(37)34-14-17-6-3-2-4-7-17/h2-12,25,35H,14-15H2,1H3,(H,34,37)(H,36,38)/t25-/m1/s1. The molecule has 0 saturated heterocycles. The number of nitriles is 1. The number of dihydropyridines is 1. The van der Waals surface area contributed by atoms with Crippen molar-refractivity contribution in [3.05, 3.63) is 111 Å². The molecule has 2 aromatic carbocycles. The number of hydrogen-bond donors (Lipinski definition) is 3. The maximum atomic E-state index is 13.5.